The van der Waals surface area contributed by atoms with E-state index in [1.165, 1.54) is 44.6 Å². The van der Waals surface area contributed by atoms with E-state index in [1.54, 1.807) is 0 Å². The standard InChI is InChI=1S/C34H35N/c1-5-26-24-33(4,6-2)35-32-22-25(3)31(23-30(26)32)34(27-16-10-7-11-17-27,28-18-12-8-13-19-28)29-20-14-9-15-21-29/h7-24,35H,5-6H2,1-4H3/t33-/m1/s1. The first-order valence-electron chi connectivity index (χ1n) is 12.8. The molecule has 0 saturated heterocycles. The first kappa shape index (κ1) is 23.2. The second-order valence-corrected chi connectivity index (χ2v) is 9.98. The molecule has 0 fully saturated rings. The van der Waals surface area contributed by atoms with Crippen molar-refractivity contribution in [2.45, 2.75) is 51.5 Å². The van der Waals surface area contributed by atoms with Crippen molar-refractivity contribution in [3.63, 3.8) is 0 Å². The van der Waals surface area contributed by atoms with Crippen molar-refractivity contribution in [1.29, 1.82) is 0 Å². The van der Waals surface area contributed by atoms with Crippen molar-refractivity contribution in [3.8, 4) is 0 Å². The molecule has 1 N–H and O–H groups in total. The fraction of sp³-hybridized carbons (Fsp3) is 0.235. The van der Waals surface area contributed by atoms with Crippen LogP contribution in [-0.4, -0.2) is 5.54 Å². The Bertz CT molecular complexity index is 1240. The molecular formula is C34H35N. The van der Waals surface area contributed by atoms with Gasteiger partial charge in [0.1, 0.15) is 0 Å². The Kier molecular flexibility index (Phi) is 6.11. The average molecular weight is 458 g/mol. The first-order chi connectivity index (χ1) is 17.0. The molecule has 1 nitrogen and oxygen atoms in total. The number of fused-ring (bicyclic) bond motifs is 1. The summed E-state index contributed by atoms with van der Waals surface area (Å²) < 4.78 is 0. The molecule has 1 aliphatic rings. The molecule has 0 unspecified atom stereocenters. The summed E-state index contributed by atoms with van der Waals surface area (Å²) in [4.78, 5) is 0. The van der Waals surface area contributed by atoms with Gasteiger partial charge in [-0.3, -0.25) is 0 Å². The van der Waals surface area contributed by atoms with Gasteiger partial charge in [0.05, 0.1) is 11.0 Å². The molecule has 0 spiro atoms. The fourth-order valence-corrected chi connectivity index (χ4v) is 5.80. The maximum atomic E-state index is 3.85. The lowest BCUT2D eigenvalue weighted by Gasteiger charge is -2.40. The highest BCUT2D eigenvalue weighted by Crippen LogP contribution is 2.49. The zero-order valence-corrected chi connectivity index (χ0v) is 21.3. The number of benzene rings is 4. The van der Waals surface area contributed by atoms with E-state index in [1.807, 2.05) is 0 Å². The highest BCUT2D eigenvalue weighted by atomic mass is 15.0. The van der Waals surface area contributed by atoms with Crippen LogP contribution in [0.5, 0.6) is 0 Å². The van der Waals surface area contributed by atoms with Crippen LogP contribution in [0.2, 0.25) is 0 Å². The van der Waals surface area contributed by atoms with Crippen molar-refractivity contribution >= 4 is 11.3 Å². The Hall–Kier alpha value is -3.58. The smallest absolute Gasteiger partial charge is 0.0704 e. The largest absolute Gasteiger partial charge is 0.376 e. The van der Waals surface area contributed by atoms with Gasteiger partial charge in [-0.2, -0.15) is 0 Å². The van der Waals surface area contributed by atoms with Gasteiger partial charge in [0.25, 0.3) is 0 Å². The molecule has 176 valence electrons. The third kappa shape index (κ3) is 3.90. The normalized spacial score (nSPS) is 17.3. The molecule has 1 atom stereocenters. The van der Waals surface area contributed by atoms with Gasteiger partial charge in [0, 0.05) is 11.3 Å². The second-order valence-electron chi connectivity index (χ2n) is 9.98. The van der Waals surface area contributed by atoms with E-state index in [-0.39, 0.29) is 5.54 Å². The summed E-state index contributed by atoms with van der Waals surface area (Å²) in [5.74, 6) is 0. The van der Waals surface area contributed by atoms with E-state index < -0.39 is 5.41 Å². The molecule has 0 radical (unpaired) electrons. The quantitative estimate of drug-likeness (QED) is 0.285. The summed E-state index contributed by atoms with van der Waals surface area (Å²) in [7, 11) is 0. The minimum absolute atomic E-state index is 0.0122. The third-order valence-electron chi connectivity index (χ3n) is 7.76. The Morgan fingerprint density at radius 2 is 1.20 bits per heavy atom. The molecule has 0 amide bonds. The maximum Gasteiger partial charge on any atom is 0.0704 e. The molecule has 1 heterocycles. The topological polar surface area (TPSA) is 12.0 Å². The lowest BCUT2D eigenvalue weighted by atomic mass is 9.63. The van der Waals surface area contributed by atoms with Crippen LogP contribution in [0.4, 0.5) is 5.69 Å². The number of rotatable bonds is 6. The summed E-state index contributed by atoms with van der Waals surface area (Å²) in [5, 5.41) is 3.85. The van der Waals surface area contributed by atoms with Crippen molar-refractivity contribution in [2.75, 3.05) is 5.32 Å². The Morgan fingerprint density at radius 1 is 0.714 bits per heavy atom. The number of anilines is 1. The van der Waals surface area contributed by atoms with Crippen molar-refractivity contribution in [1.82, 2.24) is 0 Å². The van der Waals surface area contributed by atoms with E-state index in [0.717, 1.165) is 12.8 Å². The van der Waals surface area contributed by atoms with E-state index in [0.29, 0.717) is 0 Å². The Labute approximate surface area is 210 Å². The minimum atomic E-state index is -0.423. The summed E-state index contributed by atoms with van der Waals surface area (Å²) in [6.07, 6.45) is 4.52. The number of hydrogen-bond acceptors (Lipinski definition) is 1. The van der Waals surface area contributed by atoms with Gasteiger partial charge in [-0.15, -0.1) is 0 Å². The number of hydrogen-bond donors (Lipinski definition) is 1. The predicted molar refractivity (Wildman–Crippen MR) is 150 cm³/mol. The molecule has 5 rings (SSSR count). The molecule has 0 bridgehead atoms. The van der Waals surface area contributed by atoms with Crippen LogP contribution >= 0.6 is 0 Å². The van der Waals surface area contributed by atoms with Crippen LogP contribution in [0.25, 0.3) is 5.57 Å². The van der Waals surface area contributed by atoms with Crippen LogP contribution in [0.3, 0.4) is 0 Å². The molecular weight excluding hydrogens is 422 g/mol. The van der Waals surface area contributed by atoms with E-state index in [4.69, 9.17) is 0 Å². The molecule has 0 aromatic heterocycles. The molecule has 4 aromatic carbocycles. The highest BCUT2D eigenvalue weighted by Gasteiger charge is 2.40. The minimum Gasteiger partial charge on any atom is -0.376 e. The third-order valence-corrected chi connectivity index (χ3v) is 7.76. The zero-order valence-electron chi connectivity index (χ0n) is 21.3. The molecule has 4 aromatic rings. The van der Waals surface area contributed by atoms with Crippen LogP contribution in [-0.2, 0) is 5.41 Å². The first-order valence-corrected chi connectivity index (χ1v) is 12.8. The van der Waals surface area contributed by atoms with Gasteiger partial charge in [0.15, 0.2) is 0 Å². The van der Waals surface area contributed by atoms with Crippen molar-refractivity contribution < 1.29 is 0 Å². The van der Waals surface area contributed by atoms with Gasteiger partial charge in [-0.25, -0.2) is 0 Å². The van der Waals surface area contributed by atoms with E-state index >= 15 is 0 Å². The van der Waals surface area contributed by atoms with Crippen molar-refractivity contribution in [2.24, 2.45) is 0 Å². The lowest BCUT2D eigenvalue weighted by Crippen LogP contribution is -2.36. The maximum absolute atomic E-state index is 3.85. The highest BCUT2D eigenvalue weighted by molar-refractivity contribution is 5.83. The summed E-state index contributed by atoms with van der Waals surface area (Å²) in [5.41, 5.74) is 10.0. The number of allylic oxidation sites excluding steroid dienone is 1. The van der Waals surface area contributed by atoms with E-state index in [9.17, 15) is 0 Å². The van der Waals surface area contributed by atoms with Crippen LogP contribution in [0, 0.1) is 6.92 Å². The molecule has 0 aliphatic carbocycles. The Balaban J connectivity index is 1.88. The number of aryl methyl sites for hydroxylation is 1. The zero-order chi connectivity index (χ0) is 24.5. The molecule has 0 saturated carbocycles. The van der Waals surface area contributed by atoms with E-state index in [2.05, 4.69) is 142 Å². The van der Waals surface area contributed by atoms with Gasteiger partial charge in [-0.1, -0.05) is 111 Å². The van der Waals surface area contributed by atoms with Crippen LogP contribution < -0.4 is 5.32 Å². The lowest BCUT2D eigenvalue weighted by molar-refractivity contribution is 0.607. The monoisotopic (exact) mass is 457 g/mol. The van der Waals surface area contributed by atoms with Gasteiger partial charge in [0.2, 0.25) is 0 Å². The average Bonchev–Trinajstić information content (AvgIpc) is 2.91. The van der Waals surface area contributed by atoms with Crippen LogP contribution in [0.1, 0.15) is 67.0 Å². The fourth-order valence-electron chi connectivity index (χ4n) is 5.80. The summed E-state index contributed by atoms with van der Waals surface area (Å²) in [6.45, 7) is 9.11. The van der Waals surface area contributed by atoms with Gasteiger partial charge >= 0.3 is 0 Å². The van der Waals surface area contributed by atoms with Gasteiger partial charge in [-0.05, 0) is 72.2 Å². The van der Waals surface area contributed by atoms with Gasteiger partial charge < -0.3 is 5.32 Å². The van der Waals surface area contributed by atoms with Crippen molar-refractivity contribution in [3.05, 3.63) is 143 Å². The molecule has 35 heavy (non-hydrogen) atoms. The number of nitrogens with one attached hydrogen (secondary N) is 1. The molecule has 1 heteroatoms. The molecule has 1 aliphatic heterocycles. The Morgan fingerprint density at radius 3 is 1.63 bits per heavy atom. The van der Waals surface area contributed by atoms with Crippen LogP contribution in [0.15, 0.2) is 109 Å². The predicted octanol–water partition coefficient (Wildman–Crippen LogP) is 8.77. The summed E-state index contributed by atoms with van der Waals surface area (Å²) in [6, 6.07) is 37.8. The SMILES string of the molecule is CCC1=C[C@@](C)(CC)Nc2cc(C)c(C(c3ccccc3)(c3ccccc3)c3ccccc3)cc21. The second kappa shape index (κ2) is 9.23. The summed E-state index contributed by atoms with van der Waals surface area (Å²) >= 11 is 0.